The van der Waals surface area contributed by atoms with E-state index in [-0.39, 0.29) is 0 Å². The molecule has 1 heterocycles. The van der Waals surface area contributed by atoms with Gasteiger partial charge in [0.25, 0.3) is 0 Å². The fraction of sp³-hybridized carbons (Fsp3) is 0. The van der Waals surface area contributed by atoms with Crippen LogP contribution in [0.3, 0.4) is 0 Å². The molecule has 0 saturated heterocycles. The third-order valence-electron chi connectivity index (χ3n) is 9.15. The Bertz CT molecular complexity index is 2460. The molecule has 1 aromatic heterocycles. The average Bonchev–Trinajstić information content (AvgIpc) is 3.47. The number of para-hydroxylation sites is 3. The molecule has 0 bridgehead atoms. The van der Waals surface area contributed by atoms with Crippen molar-refractivity contribution in [3.05, 3.63) is 182 Å². The molecule has 0 aliphatic carbocycles. The summed E-state index contributed by atoms with van der Waals surface area (Å²) in [4.78, 5) is 2.44. The first-order valence-corrected chi connectivity index (χ1v) is 15.8. The molecule has 0 fully saturated rings. The Balaban J connectivity index is 1.33. The van der Waals surface area contributed by atoms with Gasteiger partial charge in [-0.3, -0.25) is 0 Å². The molecular formula is C44H30N2. The molecule has 0 N–H and O–H groups in total. The summed E-state index contributed by atoms with van der Waals surface area (Å²) in [5, 5.41) is 7.50. The molecule has 0 unspecified atom stereocenters. The molecule has 0 spiro atoms. The summed E-state index contributed by atoms with van der Waals surface area (Å²) in [7, 11) is 0. The average molecular weight is 587 g/mol. The number of aromatic nitrogens is 1. The lowest BCUT2D eigenvalue weighted by Gasteiger charge is -2.30. The van der Waals surface area contributed by atoms with Crippen molar-refractivity contribution in [2.45, 2.75) is 0 Å². The van der Waals surface area contributed by atoms with Crippen LogP contribution in [0.5, 0.6) is 0 Å². The molecule has 2 nitrogen and oxygen atoms in total. The first-order valence-electron chi connectivity index (χ1n) is 15.8. The fourth-order valence-corrected chi connectivity index (χ4v) is 7.19. The summed E-state index contributed by atoms with van der Waals surface area (Å²) in [6, 6.07) is 65.6. The zero-order valence-corrected chi connectivity index (χ0v) is 25.2. The lowest BCUT2D eigenvalue weighted by molar-refractivity contribution is 1.17. The maximum Gasteiger partial charge on any atom is 0.0624 e. The highest BCUT2D eigenvalue weighted by atomic mass is 15.1. The second kappa shape index (κ2) is 10.8. The van der Waals surface area contributed by atoms with Crippen LogP contribution >= 0.6 is 0 Å². The van der Waals surface area contributed by atoms with Gasteiger partial charge in [-0.1, -0.05) is 133 Å². The van der Waals surface area contributed by atoms with Crippen LogP contribution in [-0.2, 0) is 0 Å². The van der Waals surface area contributed by atoms with Crippen molar-refractivity contribution in [1.82, 2.24) is 4.57 Å². The Morgan fingerprint density at radius 2 is 0.761 bits per heavy atom. The SMILES string of the molecule is c1ccc(-c2c(N(c3ccccc3)c3ccc(-n4c5ccccc5c5ccccc54)cc3)c3ccccc3c3ccccc23)cc1. The van der Waals surface area contributed by atoms with Gasteiger partial charge in [-0.15, -0.1) is 0 Å². The molecule has 216 valence electrons. The van der Waals surface area contributed by atoms with E-state index in [2.05, 4.69) is 191 Å². The second-order valence-corrected chi connectivity index (χ2v) is 11.7. The summed E-state index contributed by atoms with van der Waals surface area (Å²) < 4.78 is 2.38. The van der Waals surface area contributed by atoms with Gasteiger partial charge in [0.2, 0.25) is 0 Å². The second-order valence-electron chi connectivity index (χ2n) is 11.7. The Morgan fingerprint density at radius 1 is 0.326 bits per heavy atom. The molecule has 0 aliphatic rings. The number of anilines is 3. The molecule has 8 aromatic carbocycles. The summed E-state index contributed by atoms with van der Waals surface area (Å²) in [5.41, 5.74) is 9.38. The van der Waals surface area contributed by atoms with Crippen molar-refractivity contribution < 1.29 is 0 Å². The van der Waals surface area contributed by atoms with E-state index in [0.717, 1.165) is 17.1 Å². The minimum Gasteiger partial charge on any atom is -0.309 e. The lowest BCUT2D eigenvalue weighted by atomic mass is 9.90. The molecule has 9 rings (SSSR count). The highest BCUT2D eigenvalue weighted by molar-refractivity contribution is 6.22. The van der Waals surface area contributed by atoms with E-state index in [9.17, 15) is 0 Å². The minimum atomic E-state index is 1.10. The Kier molecular flexibility index (Phi) is 6.17. The maximum absolute atomic E-state index is 2.44. The van der Waals surface area contributed by atoms with E-state index in [4.69, 9.17) is 0 Å². The van der Waals surface area contributed by atoms with E-state index in [0.29, 0.717) is 0 Å². The van der Waals surface area contributed by atoms with Gasteiger partial charge in [0.05, 0.1) is 16.7 Å². The standard InChI is InChI=1S/C44H30N2/c1-3-15-31(16-4-1)43-39-23-9-7-19-35(39)36-20-8-10-24-40(36)44(43)45(32-17-5-2-6-18-32)33-27-29-34(30-28-33)46-41-25-13-11-21-37(41)38-22-12-14-26-42(38)46/h1-30H. The highest BCUT2D eigenvalue weighted by Gasteiger charge is 2.23. The monoisotopic (exact) mass is 586 g/mol. The molecular weight excluding hydrogens is 556 g/mol. The molecule has 0 atom stereocenters. The summed E-state index contributed by atoms with van der Waals surface area (Å²) in [6.07, 6.45) is 0. The zero-order chi connectivity index (χ0) is 30.5. The van der Waals surface area contributed by atoms with Crippen molar-refractivity contribution in [3.8, 4) is 16.8 Å². The number of fused-ring (bicyclic) bond motifs is 6. The van der Waals surface area contributed by atoms with Gasteiger partial charge < -0.3 is 9.47 Å². The van der Waals surface area contributed by atoms with Crippen molar-refractivity contribution in [2.24, 2.45) is 0 Å². The van der Waals surface area contributed by atoms with Crippen LogP contribution in [0.1, 0.15) is 0 Å². The fourth-order valence-electron chi connectivity index (χ4n) is 7.19. The summed E-state index contributed by atoms with van der Waals surface area (Å²) >= 11 is 0. The van der Waals surface area contributed by atoms with Crippen LogP contribution in [0.25, 0.3) is 60.2 Å². The number of hydrogen-bond acceptors (Lipinski definition) is 1. The van der Waals surface area contributed by atoms with Gasteiger partial charge in [0.15, 0.2) is 0 Å². The van der Waals surface area contributed by atoms with E-state index in [1.165, 1.54) is 60.2 Å². The molecule has 46 heavy (non-hydrogen) atoms. The molecule has 0 saturated carbocycles. The molecule has 2 heteroatoms. The maximum atomic E-state index is 2.44. The molecule has 0 aliphatic heterocycles. The smallest absolute Gasteiger partial charge is 0.0624 e. The highest BCUT2D eigenvalue weighted by Crippen LogP contribution is 2.49. The van der Waals surface area contributed by atoms with E-state index < -0.39 is 0 Å². The topological polar surface area (TPSA) is 8.17 Å². The van der Waals surface area contributed by atoms with Crippen molar-refractivity contribution in [1.29, 1.82) is 0 Å². The van der Waals surface area contributed by atoms with Gasteiger partial charge in [-0.2, -0.15) is 0 Å². The first kappa shape index (κ1) is 26.3. The predicted octanol–water partition coefficient (Wildman–Crippen LogP) is 12.2. The van der Waals surface area contributed by atoms with E-state index in [1.54, 1.807) is 0 Å². The molecule has 0 radical (unpaired) electrons. The predicted molar refractivity (Wildman–Crippen MR) is 196 cm³/mol. The van der Waals surface area contributed by atoms with Gasteiger partial charge in [0, 0.05) is 38.8 Å². The van der Waals surface area contributed by atoms with Crippen LogP contribution in [0.15, 0.2) is 182 Å². The van der Waals surface area contributed by atoms with Crippen LogP contribution < -0.4 is 4.90 Å². The summed E-state index contributed by atoms with van der Waals surface area (Å²) in [5.74, 6) is 0. The summed E-state index contributed by atoms with van der Waals surface area (Å²) in [6.45, 7) is 0. The Hall–Kier alpha value is -6.12. The Labute approximate surface area is 268 Å². The van der Waals surface area contributed by atoms with Crippen molar-refractivity contribution in [2.75, 3.05) is 4.90 Å². The molecule has 9 aromatic rings. The van der Waals surface area contributed by atoms with Crippen LogP contribution in [0.4, 0.5) is 17.1 Å². The van der Waals surface area contributed by atoms with Crippen LogP contribution in [-0.4, -0.2) is 4.57 Å². The third kappa shape index (κ3) is 4.12. The quantitative estimate of drug-likeness (QED) is 0.182. The van der Waals surface area contributed by atoms with Gasteiger partial charge in [-0.05, 0) is 70.3 Å². The zero-order valence-electron chi connectivity index (χ0n) is 25.2. The van der Waals surface area contributed by atoms with Gasteiger partial charge >= 0.3 is 0 Å². The van der Waals surface area contributed by atoms with Gasteiger partial charge in [-0.25, -0.2) is 0 Å². The van der Waals surface area contributed by atoms with Crippen LogP contribution in [0.2, 0.25) is 0 Å². The number of rotatable bonds is 5. The Morgan fingerprint density at radius 3 is 1.37 bits per heavy atom. The number of benzene rings is 8. The van der Waals surface area contributed by atoms with Gasteiger partial charge in [0.1, 0.15) is 0 Å². The third-order valence-corrected chi connectivity index (χ3v) is 9.15. The van der Waals surface area contributed by atoms with Crippen LogP contribution in [0, 0.1) is 0 Å². The van der Waals surface area contributed by atoms with E-state index in [1.807, 2.05) is 0 Å². The number of hydrogen-bond donors (Lipinski definition) is 0. The largest absolute Gasteiger partial charge is 0.309 e. The lowest BCUT2D eigenvalue weighted by Crippen LogP contribution is -2.12. The normalized spacial score (nSPS) is 11.5. The molecule has 0 amide bonds. The van der Waals surface area contributed by atoms with E-state index >= 15 is 0 Å². The van der Waals surface area contributed by atoms with Crippen molar-refractivity contribution in [3.63, 3.8) is 0 Å². The number of nitrogens with zero attached hydrogens (tertiary/aromatic N) is 2. The van der Waals surface area contributed by atoms with Crippen molar-refractivity contribution >= 4 is 60.4 Å². The first-order chi connectivity index (χ1) is 22.9. The minimum absolute atomic E-state index is 1.10.